The van der Waals surface area contributed by atoms with Gasteiger partial charge in [0.05, 0.1) is 24.3 Å². The van der Waals surface area contributed by atoms with Gasteiger partial charge in [-0.05, 0) is 49.4 Å². The van der Waals surface area contributed by atoms with E-state index in [0.717, 1.165) is 48.0 Å². The number of nitrogens with one attached hydrogen (secondary N) is 1. The van der Waals surface area contributed by atoms with Crippen molar-refractivity contribution in [1.29, 1.82) is 5.26 Å². The minimum atomic E-state index is -3.17. The Hall–Kier alpha value is -2.96. The number of sulfonamides is 1. The largest absolute Gasteiger partial charge is 0.351 e. The minimum Gasteiger partial charge on any atom is -0.351 e. The van der Waals surface area contributed by atoms with Gasteiger partial charge in [0.25, 0.3) is 0 Å². The van der Waals surface area contributed by atoms with Gasteiger partial charge in [0.2, 0.25) is 16.0 Å². The average Bonchev–Trinajstić information content (AvgIpc) is 3.19. The van der Waals surface area contributed by atoms with Crippen LogP contribution >= 0.6 is 0 Å². The number of fused-ring (bicyclic) bond motifs is 1. The summed E-state index contributed by atoms with van der Waals surface area (Å²) in [6.45, 7) is 0. The molecule has 8 nitrogen and oxygen atoms in total. The van der Waals surface area contributed by atoms with Crippen LogP contribution in [0.2, 0.25) is 0 Å². The minimum absolute atomic E-state index is 0.0501. The molecular weight excluding hydrogens is 412 g/mol. The predicted octanol–water partition coefficient (Wildman–Crippen LogP) is 3.10. The fourth-order valence-corrected chi connectivity index (χ4v) is 5.01. The van der Waals surface area contributed by atoms with Crippen LogP contribution in [0, 0.1) is 11.3 Å². The maximum atomic E-state index is 11.8. The summed E-state index contributed by atoms with van der Waals surface area (Å²) in [6, 6.07) is 12.3. The number of aromatic nitrogens is 3. The standard InChI is InChI=1S/C22H26N6O2S/c1-27(31(2,29)30)18-8-6-17(7-9-18)25-22-24-14-11-21(26-22)28-15-12-19-16(10-13-23)4-3-5-20(19)28/h3-5,11-12,14-15,17-18H,6-10H2,1-2H3,(H,24,25,26). The Morgan fingerprint density at radius 3 is 2.71 bits per heavy atom. The molecule has 2 heterocycles. The summed E-state index contributed by atoms with van der Waals surface area (Å²) in [5.74, 6) is 1.32. The van der Waals surface area contributed by atoms with Crippen molar-refractivity contribution in [3.05, 3.63) is 48.3 Å². The van der Waals surface area contributed by atoms with Gasteiger partial charge in [-0.1, -0.05) is 12.1 Å². The maximum absolute atomic E-state index is 11.8. The van der Waals surface area contributed by atoms with Gasteiger partial charge in [-0.15, -0.1) is 0 Å². The zero-order chi connectivity index (χ0) is 22.0. The highest BCUT2D eigenvalue weighted by atomic mass is 32.2. The molecule has 0 aliphatic heterocycles. The van der Waals surface area contributed by atoms with Crippen molar-refractivity contribution < 1.29 is 8.42 Å². The van der Waals surface area contributed by atoms with Gasteiger partial charge in [0, 0.05) is 36.9 Å². The molecule has 0 saturated heterocycles. The van der Waals surface area contributed by atoms with E-state index in [4.69, 9.17) is 10.2 Å². The Balaban J connectivity index is 1.49. The molecule has 3 aromatic rings. The summed E-state index contributed by atoms with van der Waals surface area (Å²) < 4.78 is 27.0. The summed E-state index contributed by atoms with van der Waals surface area (Å²) in [5.41, 5.74) is 2.00. The van der Waals surface area contributed by atoms with Gasteiger partial charge in [0.1, 0.15) is 5.82 Å². The van der Waals surface area contributed by atoms with E-state index >= 15 is 0 Å². The van der Waals surface area contributed by atoms with E-state index in [2.05, 4.69) is 16.4 Å². The van der Waals surface area contributed by atoms with Crippen LogP contribution < -0.4 is 5.32 Å². The normalized spacial score (nSPS) is 19.4. The molecule has 1 saturated carbocycles. The van der Waals surface area contributed by atoms with Crippen LogP contribution in [0.25, 0.3) is 16.7 Å². The van der Waals surface area contributed by atoms with E-state index in [9.17, 15) is 8.42 Å². The molecule has 0 radical (unpaired) electrons. The van der Waals surface area contributed by atoms with E-state index in [-0.39, 0.29) is 12.1 Å². The van der Waals surface area contributed by atoms with Gasteiger partial charge < -0.3 is 9.88 Å². The molecule has 0 amide bonds. The second-order valence-corrected chi connectivity index (χ2v) is 10.1. The molecule has 1 N–H and O–H groups in total. The highest BCUT2D eigenvalue weighted by molar-refractivity contribution is 7.88. The first kappa shape index (κ1) is 21.3. The lowest BCUT2D eigenvalue weighted by Crippen LogP contribution is -2.41. The van der Waals surface area contributed by atoms with Crippen molar-refractivity contribution in [1.82, 2.24) is 18.8 Å². The third kappa shape index (κ3) is 4.55. The molecule has 4 rings (SSSR count). The summed E-state index contributed by atoms with van der Waals surface area (Å²) in [5, 5.41) is 13.5. The third-order valence-corrected chi connectivity index (χ3v) is 7.39. The molecular formula is C22H26N6O2S. The number of nitrogens with zero attached hydrogens (tertiary/aromatic N) is 5. The molecule has 162 valence electrons. The summed E-state index contributed by atoms with van der Waals surface area (Å²) in [6.07, 6.45) is 8.67. The van der Waals surface area contributed by atoms with Crippen molar-refractivity contribution in [2.45, 2.75) is 44.2 Å². The molecule has 0 unspecified atom stereocenters. The molecule has 1 fully saturated rings. The van der Waals surface area contributed by atoms with Gasteiger partial charge in [-0.2, -0.15) is 10.2 Å². The van der Waals surface area contributed by atoms with Gasteiger partial charge in [-0.25, -0.2) is 17.7 Å². The second kappa shape index (κ2) is 8.65. The molecule has 1 aromatic carbocycles. The molecule has 0 spiro atoms. The number of hydrogen-bond donors (Lipinski definition) is 1. The number of benzene rings is 1. The number of nitriles is 1. The van der Waals surface area contributed by atoms with Crippen LogP contribution in [0.1, 0.15) is 31.2 Å². The first-order valence-electron chi connectivity index (χ1n) is 10.4. The summed E-state index contributed by atoms with van der Waals surface area (Å²) in [7, 11) is -1.51. The Labute approximate surface area is 182 Å². The fraction of sp³-hybridized carbons (Fsp3) is 0.409. The smallest absolute Gasteiger partial charge is 0.224 e. The molecule has 2 aromatic heterocycles. The lowest BCUT2D eigenvalue weighted by atomic mass is 9.91. The molecule has 9 heteroatoms. The zero-order valence-electron chi connectivity index (χ0n) is 17.7. The highest BCUT2D eigenvalue weighted by Gasteiger charge is 2.28. The van der Waals surface area contributed by atoms with Crippen molar-refractivity contribution in [2.75, 3.05) is 18.6 Å². The first-order valence-corrected chi connectivity index (χ1v) is 12.2. The number of anilines is 1. The summed E-state index contributed by atoms with van der Waals surface area (Å²) >= 11 is 0. The van der Waals surface area contributed by atoms with Gasteiger partial charge >= 0.3 is 0 Å². The van der Waals surface area contributed by atoms with E-state index in [0.29, 0.717) is 12.4 Å². The lowest BCUT2D eigenvalue weighted by molar-refractivity contribution is 0.276. The lowest BCUT2D eigenvalue weighted by Gasteiger charge is -2.33. The van der Waals surface area contributed by atoms with Crippen LogP contribution in [-0.4, -0.2) is 52.6 Å². The molecule has 0 atom stereocenters. The van der Waals surface area contributed by atoms with Crippen molar-refractivity contribution >= 4 is 26.9 Å². The van der Waals surface area contributed by atoms with Crippen LogP contribution in [0.15, 0.2) is 42.7 Å². The number of hydrogen-bond acceptors (Lipinski definition) is 6. The highest BCUT2D eigenvalue weighted by Crippen LogP contribution is 2.26. The second-order valence-electron chi connectivity index (χ2n) is 8.04. The van der Waals surface area contributed by atoms with Crippen LogP contribution in [0.5, 0.6) is 0 Å². The fourth-order valence-electron chi connectivity index (χ4n) is 4.26. The topological polar surface area (TPSA) is 104 Å². The van der Waals surface area contributed by atoms with Crippen molar-refractivity contribution in [3.63, 3.8) is 0 Å². The van der Waals surface area contributed by atoms with E-state index in [1.165, 1.54) is 10.6 Å². The van der Waals surface area contributed by atoms with E-state index in [1.54, 1.807) is 13.2 Å². The molecule has 0 bridgehead atoms. The van der Waals surface area contributed by atoms with Crippen LogP contribution in [0.4, 0.5) is 5.95 Å². The quantitative estimate of drug-likeness (QED) is 0.634. The zero-order valence-corrected chi connectivity index (χ0v) is 18.5. The van der Waals surface area contributed by atoms with Crippen molar-refractivity contribution in [2.24, 2.45) is 0 Å². The van der Waals surface area contributed by atoms with Crippen molar-refractivity contribution in [3.8, 4) is 11.9 Å². The Bertz CT molecular complexity index is 1220. The van der Waals surface area contributed by atoms with E-state index in [1.807, 2.05) is 41.1 Å². The van der Waals surface area contributed by atoms with E-state index < -0.39 is 10.0 Å². The van der Waals surface area contributed by atoms with Gasteiger partial charge in [0.15, 0.2) is 0 Å². The Morgan fingerprint density at radius 2 is 2.00 bits per heavy atom. The third-order valence-electron chi connectivity index (χ3n) is 6.05. The monoisotopic (exact) mass is 438 g/mol. The van der Waals surface area contributed by atoms with Crippen LogP contribution in [-0.2, 0) is 16.4 Å². The molecule has 31 heavy (non-hydrogen) atoms. The van der Waals surface area contributed by atoms with Gasteiger partial charge in [-0.3, -0.25) is 0 Å². The average molecular weight is 439 g/mol. The number of rotatable bonds is 6. The Morgan fingerprint density at radius 1 is 1.23 bits per heavy atom. The maximum Gasteiger partial charge on any atom is 0.224 e. The summed E-state index contributed by atoms with van der Waals surface area (Å²) in [4.78, 5) is 9.08. The first-order chi connectivity index (χ1) is 14.9. The molecule has 1 aliphatic carbocycles. The Kier molecular flexibility index (Phi) is 5.94. The predicted molar refractivity (Wildman–Crippen MR) is 120 cm³/mol. The SMILES string of the molecule is CN(C1CCC(Nc2nccc(-n3ccc4c(CC#N)cccc43)n2)CC1)S(C)(=O)=O. The molecule has 1 aliphatic rings. The van der Waals surface area contributed by atoms with Crippen LogP contribution in [0.3, 0.4) is 0 Å².